The normalized spacial score (nSPS) is 26.9. The summed E-state index contributed by atoms with van der Waals surface area (Å²) >= 11 is 0. The van der Waals surface area contributed by atoms with Crippen molar-refractivity contribution in [2.75, 3.05) is 62.5 Å². The van der Waals surface area contributed by atoms with Crippen LogP contribution >= 0.6 is 0 Å². The number of allylic oxidation sites excluding steroid dienone is 2. The topological polar surface area (TPSA) is 308 Å². The number of carbonyl (C=O) groups excluding carboxylic acids is 11. The zero-order chi connectivity index (χ0) is 72.2. The van der Waals surface area contributed by atoms with Gasteiger partial charge >= 0.3 is 0 Å². The van der Waals surface area contributed by atoms with Crippen molar-refractivity contribution >= 4 is 65.0 Å². The molecule has 14 atom stereocenters. The largest absolute Gasteiger partial charge is 0.390 e. The number of nitrogens with zero attached hydrogens (tertiary/aromatic N) is 7. The smallest absolute Gasteiger partial charge is 0.246 e. The second-order valence-electron chi connectivity index (χ2n) is 28.8. The van der Waals surface area contributed by atoms with E-state index < -0.39 is 167 Å². The van der Waals surface area contributed by atoms with E-state index in [9.17, 15) is 39.0 Å². The van der Waals surface area contributed by atoms with Crippen molar-refractivity contribution in [2.45, 2.75) is 255 Å². The number of ether oxygens (including phenoxy) is 1. The molecule has 1 heterocycles. The van der Waals surface area contributed by atoms with Gasteiger partial charge in [-0.05, 0) is 116 Å². The van der Waals surface area contributed by atoms with Crippen molar-refractivity contribution in [2.24, 2.45) is 41.4 Å². The number of hydrogen-bond acceptors (Lipinski definition) is 14. The lowest BCUT2D eigenvalue weighted by atomic mass is 9.91. The van der Waals surface area contributed by atoms with Crippen LogP contribution in [-0.4, -0.2) is 250 Å². The molecule has 534 valence electrons. The fraction of sp³-hybridized carbons (Fsp3) is 0.809. The average molecular weight is 1320 g/mol. The molecule has 25 heteroatoms. The highest BCUT2D eigenvalue weighted by Crippen LogP contribution is 2.26. The molecular formula is C68H123N11O14. The molecule has 0 saturated carbocycles. The first-order valence-corrected chi connectivity index (χ1v) is 33.5. The van der Waals surface area contributed by atoms with Gasteiger partial charge in [0.15, 0.2) is 0 Å². The highest BCUT2D eigenvalue weighted by molar-refractivity contribution is 6.00. The Hall–Kier alpha value is -6.21. The molecule has 25 nitrogen and oxygen atoms in total. The molecule has 1 saturated heterocycles. The van der Waals surface area contributed by atoms with Gasteiger partial charge in [-0.15, -0.1) is 0 Å². The molecular weight excluding hydrogens is 1190 g/mol. The summed E-state index contributed by atoms with van der Waals surface area (Å²) in [7, 11) is 9.84. The Kier molecular flexibility index (Phi) is 35.0. The first-order chi connectivity index (χ1) is 42.8. The zero-order valence-corrected chi connectivity index (χ0v) is 61.4. The predicted octanol–water partition coefficient (Wildman–Crippen LogP) is 3.82. The van der Waals surface area contributed by atoms with E-state index in [1.807, 2.05) is 41.5 Å². The van der Waals surface area contributed by atoms with Gasteiger partial charge in [-0.3, -0.25) is 52.7 Å². The molecule has 1 fully saturated rings. The molecule has 0 aromatic rings. The van der Waals surface area contributed by atoms with Crippen molar-refractivity contribution in [1.82, 2.24) is 55.6 Å². The van der Waals surface area contributed by atoms with Crippen molar-refractivity contribution in [3.63, 3.8) is 0 Å². The maximum absolute atomic E-state index is 15.3. The number of nitrogens with one attached hydrogen (secondary N) is 4. The molecule has 93 heavy (non-hydrogen) atoms. The van der Waals surface area contributed by atoms with Crippen LogP contribution < -0.4 is 21.3 Å². The van der Waals surface area contributed by atoms with Crippen LogP contribution in [0.25, 0.3) is 0 Å². The third-order valence-electron chi connectivity index (χ3n) is 17.7. The molecule has 1 rings (SSSR count). The SMILES string of the molecule is C/C=C/C[C@@H](C)[C@@H](O)[C@H]1C(=O)N[C@@H](CCC)C(=O)N(C)[C@H](C)C(=O)N(C)[C@@H]([C@H](C)COCC(C)(C)O)C(=O)N[C@@H](C(C)C)C(=O)N(C)[C@@H](CCC(C)C)C(=O)N[C@@H](C)C(=O)N[C@H](C)C(=O)N(C)[C@@H](CC(C)C)C(=O)N(C)[C@@H](CC(C)C)C(=O)N(C)[C@@H](C(C)C)C(=O)N1C. The molecule has 0 radical (unpaired) electrons. The number of hydrogen-bond donors (Lipinski definition) is 6. The summed E-state index contributed by atoms with van der Waals surface area (Å²) in [5.41, 5.74) is -1.27. The molecule has 0 aromatic carbocycles. The lowest BCUT2D eigenvalue weighted by Crippen LogP contribution is -2.64. The van der Waals surface area contributed by atoms with Crippen LogP contribution in [0.2, 0.25) is 0 Å². The van der Waals surface area contributed by atoms with Gasteiger partial charge in [-0.25, -0.2) is 0 Å². The first kappa shape index (κ1) is 84.8. The number of aliphatic hydroxyl groups is 2. The van der Waals surface area contributed by atoms with E-state index in [-0.39, 0.29) is 63.1 Å². The number of amides is 11. The maximum Gasteiger partial charge on any atom is 0.246 e. The van der Waals surface area contributed by atoms with E-state index in [0.717, 1.165) is 14.7 Å². The third-order valence-corrected chi connectivity index (χ3v) is 17.7. The molecule has 6 N–H and O–H groups in total. The van der Waals surface area contributed by atoms with Crippen LogP contribution in [0.15, 0.2) is 12.2 Å². The Labute approximate surface area is 556 Å². The summed E-state index contributed by atoms with van der Waals surface area (Å²) in [6, 6.07) is -14.2. The van der Waals surface area contributed by atoms with Gasteiger partial charge in [0.1, 0.15) is 66.5 Å². The minimum Gasteiger partial charge on any atom is -0.390 e. The van der Waals surface area contributed by atoms with Crippen LogP contribution in [0, 0.1) is 41.4 Å². The van der Waals surface area contributed by atoms with E-state index in [2.05, 4.69) is 21.3 Å². The predicted molar refractivity (Wildman–Crippen MR) is 359 cm³/mol. The number of carbonyl (C=O) groups is 11. The van der Waals surface area contributed by atoms with Crippen molar-refractivity contribution < 1.29 is 67.7 Å². The van der Waals surface area contributed by atoms with Crippen LogP contribution in [0.5, 0.6) is 0 Å². The minimum absolute atomic E-state index is 0.0459. The quantitative estimate of drug-likeness (QED) is 0.0945. The number of rotatable bonds is 20. The molecule has 0 unspecified atom stereocenters. The summed E-state index contributed by atoms with van der Waals surface area (Å²) in [5, 5.41) is 33.9. The molecule has 0 aliphatic carbocycles. The van der Waals surface area contributed by atoms with Crippen LogP contribution in [0.1, 0.15) is 176 Å². The zero-order valence-electron chi connectivity index (χ0n) is 61.4. The fourth-order valence-electron chi connectivity index (χ4n) is 11.7. The first-order valence-electron chi connectivity index (χ1n) is 33.5. The molecule has 11 amide bonds. The van der Waals surface area contributed by atoms with Crippen LogP contribution in [0.3, 0.4) is 0 Å². The van der Waals surface area contributed by atoms with E-state index in [0.29, 0.717) is 12.8 Å². The highest BCUT2D eigenvalue weighted by Gasteiger charge is 2.46. The Morgan fingerprint density at radius 3 is 1.45 bits per heavy atom. The monoisotopic (exact) mass is 1320 g/mol. The van der Waals surface area contributed by atoms with Gasteiger partial charge in [0.25, 0.3) is 0 Å². The van der Waals surface area contributed by atoms with Gasteiger partial charge in [-0.2, -0.15) is 0 Å². The lowest BCUT2D eigenvalue weighted by molar-refractivity contribution is -0.157. The lowest BCUT2D eigenvalue weighted by Gasteiger charge is -2.41. The molecule has 0 bridgehead atoms. The van der Waals surface area contributed by atoms with Crippen molar-refractivity contribution in [1.29, 1.82) is 0 Å². The Balaban J connectivity index is 4.51. The average Bonchev–Trinajstić information content (AvgIpc) is 0.824. The Morgan fingerprint density at radius 1 is 0.505 bits per heavy atom. The Bertz CT molecular complexity index is 2540. The summed E-state index contributed by atoms with van der Waals surface area (Å²) in [5.74, 6) is -10.8. The second-order valence-corrected chi connectivity index (χ2v) is 28.8. The summed E-state index contributed by atoms with van der Waals surface area (Å²) < 4.78 is 5.88. The van der Waals surface area contributed by atoms with Crippen LogP contribution in [0.4, 0.5) is 0 Å². The third kappa shape index (κ3) is 24.5. The van der Waals surface area contributed by atoms with Gasteiger partial charge in [-0.1, -0.05) is 109 Å². The van der Waals surface area contributed by atoms with Crippen molar-refractivity contribution in [3.05, 3.63) is 12.2 Å². The minimum atomic E-state index is -1.65. The van der Waals surface area contributed by atoms with Gasteiger partial charge in [0, 0.05) is 55.3 Å². The number of likely N-dealkylation sites (N-methyl/N-ethyl adjacent to an activating group) is 7. The summed E-state index contributed by atoms with van der Waals surface area (Å²) in [6.07, 6.45) is 3.62. The van der Waals surface area contributed by atoms with Gasteiger partial charge < -0.3 is 70.5 Å². The Morgan fingerprint density at radius 2 is 0.978 bits per heavy atom. The molecule has 0 aromatic heterocycles. The van der Waals surface area contributed by atoms with E-state index in [1.165, 1.54) is 104 Å². The summed E-state index contributed by atoms with van der Waals surface area (Å²) in [4.78, 5) is 172. The van der Waals surface area contributed by atoms with Crippen LogP contribution in [-0.2, 0) is 57.5 Å². The van der Waals surface area contributed by atoms with Gasteiger partial charge in [0.2, 0.25) is 65.0 Å². The fourth-order valence-corrected chi connectivity index (χ4v) is 11.7. The van der Waals surface area contributed by atoms with E-state index >= 15 is 24.0 Å². The summed E-state index contributed by atoms with van der Waals surface area (Å²) in [6.45, 7) is 32.2. The molecule has 1 aliphatic rings. The van der Waals surface area contributed by atoms with Gasteiger partial charge in [0.05, 0.1) is 24.9 Å². The standard InChI is InChI=1S/C68H123N11O14/c1-27-29-31-43(13)56(80)55-60(84)71-48(30-28-2)63(87)73(20)47(17)62(86)78(25)54(44(14)36-93-37-68(18,19)92)59(83)72-52(41(9)10)66(90)74(21)49(33-32-38(3)4)58(82)69-45(15)57(81)70-46(16)61(85)75(22)50(34-39(5)6)64(88)76(23)51(35-40(7)8)65(89)77(24)53(42(11)12)67(91)79(55)26/h27,29,38-56,80,92H,28,30-37H2,1-26H3,(H,69,82)(H,70,81)(H,71,84)(H,72,83)/b29-27+/t43-,44-,45+,46-,47-,48+,49+,50+,51+,52+,53+,54+,55+,56-/m1/s1. The van der Waals surface area contributed by atoms with E-state index in [4.69, 9.17) is 4.74 Å². The maximum atomic E-state index is 15.3. The second kappa shape index (κ2) is 38.4. The highest BCUT2D eigenvalue weighted by atomic mass is 16.5. The molecule has 1 aliphatic heterocycles. The van der Waals surface area contributed by atoms with E-state index in [1.54, 1.807) is 67.5 Å². The van der Waals surface area contributed by atoms with Crippen molar-refractivity contribution in [3.8, 4) is 0 Å². The molecule has 0 spiro atoms. The number of aliphatic hydroxyl groups excluding tert-OH is 1.